The number of oxazole rings is 1. The van der Waals surface area contributed by atoms with Crippen LogP contribution in [0.2, 0.25) is 0 Å². The van der Waals surface area contributed by atoms with Crippen molar-refractivity contribution in [2.45, 2.75) is 25.2 Å². The van der Waals surface area contributed by atoms with E-state index in [1.54, 1.807) is 0 Å². The molecule has 154 valence electrons. The molecule has 0 aliphatic carbocycles. The number of thiophene rings is 1. The van der Waals surface area contributed by atoms with Gasteiger partial charge in [0.05, 0.1) is 11.1 Å². The zero-order valence-corrected chi connectivity index (χ0v) is 17.8. The van der Waals surface area contributed by atoms with Crippen LogP contribution in [0.25, 0.3) is 11.1 Å². The molecule has 0 spiro atoms. The van der Waals surface area contributed by atoms with E-state index in [-0.39, 0.29) is 11.8 Å². The molecular formula is C20H23N3O4S2. The summed E-state index contributed by atoms with van der Waals surface area (Å²) in [5, 5.41) is 0. The number of para-hydroxylation sites is 2. The first-order valence-corrected chi connectivity index (χ1v) is 12.3. The molecule has 3 aromatic rings. The number of amides is 1. The molecule has 4 rings (SSSR count). The lowest BCUT2D eigenvalue weighted by molar-refractivity contribution is 0.0711. The lowest BCUT2D eigenvalue weighted by Crippen LogP contribution is -2.37. The van der Waals surface area contributed by atoms with Crippen LogP contribution in [0.5, 0.6) is 0 Å². The maximum absolute atomic E-state index is 12.8. The number of carbonyl (C=O) groups excluding carboxylic acids is 1. The molecule has 1 N–H and O–H groups in total. The van der Waals surface area contributed by atoms with E-state index in [2.05, 4.69) is 9.71 Å². The van der Waals surface area contributed by atoms with Gasteiger partial charge >= 0.3 is 0 Å². The van der Waals surface area contributed by atoms with Gasteiger partial charge in [-0.1, -0.05) is 12.1 Å². The van der Waals surface area contributed by atoms with E-state index >= 15 is 0 Å². The second-order valence-electron chi connectivity index (χ2n) is 7.27. The normalized spacial score (nSPS) is 15.8. The van der Waals surface area contributed by atoms with Gasteiger partial charge < -0.3 is 9.32 Å². The first-order valence-electron chi connectivity index (χ1n) is 9.57. The van der Waals surface area contributed by atoms with Gasteiger partial charge in [-0.2, -0.15) is 0 Å². The van der Waals surface area contributed by atoms with E-state index in [1.165, 1.54) is 11.3 Å². The van der Waals surface area contributed by atoms with E-state index in [0.717, 1.165) is 41.0 Å². The van der Waals surface area contributed by atoms with Crippen LogP contribution in [0.15, 0.2) is 40.8 Å². The highest BCUT2D eigenvalue weighted by atomic mass is 32.2. The SMILES string of the molecule is CS(=O)(=O)NCCc1ccc(C(=O)N2CCC(c3nc4ccccc4o3)CC2)s1. The minimum absolute atomic E-state index is 0.0355. The maximum atomic E-state index is 12.8. The van der Waals surface area contributed by atoms with Crippen molar-refractivity contribution in [2.75, 3.05) is 25.9 Å². The number of hydrogen-bond donors (Lipinski definition) is 1. The van der Waals surface area contributed by atoms with E-state index in [9.17, 15) is 13.2 Å². The molecule has 9 heteroatoms. The molecule has 1 saturated heterocycles. The minimum atomic E-state index is -3.19. The van der Waals surface area contributed by atoms with Crippen molar-refractivity contribution in [1.29, 1.82) is 0 Å². The second-order valence-corrected chi connectivity index (χ2v) is 10.3. The van der Waals surface area contributed by atoms with E-state index in [0.29, 0.717) is 30.9 Å². The zero-order chi connectivity index (χ0) is 20.4. The zero-order valence-electron chi connectivity index (χ0n) is 16.1. The third-order valence-electron chi connectivity index (χ3n) is 5.05. The van der Waals surface area contributed by atoms with Gasteiger partial charge in [0.1, 0.15) is 5.52 Å². The summed E-state index contributed by atoms with van der Waals surface area (Å²) in [5.74, 6) is 1.02. The van der Waals surface area contributed by atoms with Crippen LogP contribution >= 0.6 is 11.3 Å². The largest absolute Gasteiger partial charge is 0.440 e. The molecule has 1 aliphatic rings. The second kappa shape index (κ2) is 8.25. The first-order chi connectivity index (χ1) is 13.9. The number of nitrogens with one attached hydrogen (secondary N) is 1. The van der Waals surface area contributed by atoms with Crippen molar-refractivity contribution >= 4 is 38.4 Å². The Morgan fingerprint density at radius 2 is 2.00 bits per heavy atom. The smallest absolute Gasteiger partial charge is 0.263 e. The molecular weight excluding hydrogens is 410 g/mol. The molecule has 7 nitrogen and oxygen atoms in total. The van der Waals surface area contributed by atoms with Crippen LogP contribution in [-0.2, 0) is 16.4 Å². The molecule has 1 fully saturated rings. The molecule has 3 heterocycles. The molecule has 0 unspecified atom stereocenters. The van der Waals surface area contributed by atoms with Gasteiger partial charge in [-0.25, -0.2) is 18.1 Å². The Kier molecular flexibility index (Phi) is 5.71. The summed E-state index contributed by atoms with van der Waals surface area (Å²) >= 11 is 1.43. The third-order valence-corrected chi connectivity index (χ3v) is 6.91. The summed E-state index contributed by atoms with van der Waals surface area (Å²) in [6.45, 7) is 1.68. The van der Waals surface area contributed by atoms with Crippen LogP contribution in [0, 0.1) is 0 Å². The minimum Gasteiger partial charge on any atom is -0.440 e. The fourth-order valence-electron chi connectivity index (χ4n) is 3.54. The summed E-state index contributed by atoms with van der Waals surface area (Å²) in [6, 6.07) is 11.5. The number of hydrogen-bond acceptors (Lipinski definition) is 6. The average Bonchev–Trinajstić information content (AvgIpc) is 3.33. The first kappa shape index (κ1) is 20.1. The van der Waals surface area contributed by atoms with Gasteiger partial charge in [-0.05, 0) is 43.5 Å². The van der Waals surface area contributed by atoms with Crippen LogP contribution in [0.1, 0.15) is 39.2 Å². The van der Waals surface area contributed by atoms with Crippen molar-refractivity contribution in [2.24, 2.45) is 0 Å². The number of aromatic nitrogens is 1. The van der Waals surface area contributed by atoms with Crippen molar-refractivity contribution in [1.82, 2.24) is 14.6 Å². The highest BCUT2D eigenvalue weighted by molar-refractivity contribution is 7.88. The highest BCUT2D eigenvalue weighted by Crippen LogP contribution is 2.31. The van der Waals surface area contributed by atoms with Crippen molar-refractivity contribution in [3.8, 4) is 0 Å². The van der Waals surface area contributed by atoms with Crippen LogP contribution in [0.4, 0.5) is 0 Å². The van der Waals surface area contributed by atoms with Gasteiger partial charge in [-0.3, -0.25) is 4.79 Å². The summed E-state index contributed by atoms with van der Waals surface area (Å²) in [5.41, 5.74) is 1.68. The Hall–Kier alpha value is -2.23. The van der Waals surface area contributed by atoms with Crippen molar-refractivity contribution in [3.05, 3.63) is 52.0 Å². The Morgan fingerprint density at radius 1 is 1.24 bits per heavy atom. The number of nitrogens with zero attached hydrogens (tertiary/aromatic N) is 2. The summed E-state index contributed by atoms with van der Waals surface area (Å²) < 4.78 is 30.6. The van der Waals surface area contributed by atoms with Gasteiger partial charge in [-0.15, -0.1) is 11.3 Å². The van der Waals surface area contributed by atoms with Gasteiger partial charge in [0, 0.05) is 30.4 Å². The molecule has 29 heavy (non-hydrogen) atoms. The Balaban J connectivity index is 1.33. The number of sulfonamides is 1. The van der Waals surface area contributed by atoms with E-state index in [1.807, 2.05) is 41.3 Å². The fourth-order valence-corrected chi connectivity index (χ4v) is 4.98. The van der Waals surface area contributed by atoms with Gasteiger partial charge in [0.15, 0.2) is 11.5 Å². The number of benzene rings is 1. The molecule has 2 aromatic heterocycles. The number of carbonyl (C=O) groups is 1. The lowest BCUT2D eigenvalue weighted by Gasteiger charge is -2.30. The number of fused-ring (bicyclic) bond motifs is 1. The van der Waals surface area contributed by atoms with Crippen LogP contribution in [-0.4, -0.2) is 50.1 Å². The number of likely N-dealkylation sites (tertiary alicyclic amines) is 1. The van der Waals surface area contributed by atoms with E-state index in [4.69, 9.17) is 4.42 Å². The molecule has 0 saturated carbocycles. The fraction of sp³-hybridized carbons (Fsp3) is 0.400. The summed E-state index contributed by atoms with van der Waals surface area (Å²) in [4.78, 5) is 21.0. The summed E-state index contributed by atoms with van der Waals surface area (Å²) in [6.07, 6.45) is 3.37. The summed E-state index contributed by atoms with van der Waals surface area (Å²) in [7, 11) is -3.19. The molecule has 1 aromatic carbocycles. The predicted molar refractivity (Wildman–Crippen MR) is 113 cm³/mol. The Bertz CT molecular complexity index is 1080. The van der Waals surface area contributed by atoms with Crippen molar-refractivity contribution < 1.29 is 17.6 Å². The molecule has 0 atom stereocenters. The molecule has 0 bridgehead atoms. The quantitative estimate of drug-likeness (QED) is 0.645. The Labute approximate surface area is 173 Å². The van der Waals surface area contributed by atoms with E-state index < -0.39 is 10.0 Å². The molecule has 1 amide bonds. The van der Waals surface area contributed by atoms with Crippen molar-refractivity contribution in [3.63, 3.8) is 0 Å². The lowest BCUT2D eigenvalue weighted by atomic mass is 9.96. The third kappa shape index (κ3) is 4.85. The van der Waals surface area contributed by atoms with Crippen LogP contribution < -0.4 is 4.72 Å². The molecule has 1 aliphatic heterocycles. The van der Waals surface area contributed by atoms with Crippen LogP contribution in [0.3, 0.4) is 0 Å². The topological polar surface area (TPSA) is 92.5 Å². The number of rotatable bonds is 6. The average molecular weight is 434 g/mol. The van der Waals surface area contributed by atoms with Gasteiger partial charge in [0.2, 0.25) is 10.0 Å². The Morgan fingerprint density at radius 3 is 2.72 bits per heavy atom. The standard InChI is InChI=1S/C20H23N3O4S2/c1-29(25,26)21-11-8-15-6-7-18(28-15)20(24)23-12-9-14(10-13-23)19-22-16-4-2-3-5-17(16)27-19/h2-7,14,21H,8-13H2,1H3. The predicted octanol–water partition coefficient (Wildman–Crippen LogP) is 3.00. The maximum Gasteiger partial charge on any atom is 0.263 e. The number of piperidine rings is 1. The van der Waals surface area contributed by atoms with Gasteiger partial charge in [0.25, 0.3) is 5.91 Å². The highest BCUT2D eigenvalue weighted by Gasteiger charge is 2.28. The molecule has 0 radical (unpaired) electrons. The monoisotopic (exact) mass is 433 g/mol.